The molecule has 4 nitrogen and oxygen atoms in total. The van der Waals surface area contributed by atoms with Gasteiger partial charge in [-0.15, -0.1) is 0 Å². The van der Waals surface area contributed by atoms with E-state index >= 15 is 0 Å². The van der Waals surface area contributed by atoms with Gasteiger partial charge in [0.25, 0.3) is 5.56 Å². The smallest absolute Gasteiger partial charge is 0.266 e. The maximum Gasteiger partial charge on any atom is 0.266 e. The van der Waals surface area contributed by atoms with Gasteiger partial charge in [-0.1, -0.05) is 6.07 Å². The van der Waals surface area contributed by atoms with Crippen molar-refractivity contribution >= 4 is 5.69 Å². The van der Waals surface area contributed by atoms with E-state index in [1.54, 1.807) is 0 Å². The van der Waals surface area contributed by atoms with Crippen molar-refractivity contribution < 1.29 is 0 Å². The zero-order chi connectivity index (χ0) is 16.4. The van der Waals surface area contributed by atoms with Crippen molar-refractivity contribution in [3.05, 3.63) is 51.4 Å². The van der Waals surface area contributed by atoms with Gasteiger partial charge in [-0.2, -0.15) is 5.26 Å². The summed E-state index contributed by atoms with van der Waals surface area (Å²) < 4.78 is 0. The van der Waals surface area contributed by atoms with Crippen LogP contribution in [0.3, 0.4) is 0 Å². The highest BCUT2D eigenvalue weighted by Crippen LogP contribution is 2.30. The maximum absolute atomic E-state index is 12.0. The van der Waals surface area contributed by atoms with Crippen LogP contribution < -0.4 is 10.5 Å². The lowest BCUT2D eigenvalue weighted by molar-refractivity contribution is 0.578. The molecule has 1 aromatic heterocycles. The fraction of sp³-hybridized carbons (Fsp3) is 0.368. The van der Waals surface area contributed by atoms with E-state index in [2.05, 4.69) is 22.0 Å². The third-order valence-electron chi connectivity index (χ3n) is 4.50. The number of aryl methyl sites for hydroxylation is 2. The van der Waals surface area contributed by atoms with Crippen molar-refractivity contribution in [3.8, 4) is 17.2 Å². The molecule has 1 aliphatic rings. The summed E-state index contributed by atoms with van der Waals surface area (Å²) in [5.74, 6) is 0. The van der Waals surface area contributed by atoms with Crippen molar-refractivity contribution in [1.29, 1.82) is 5.26 Å². The molecule has 118 valence electrons. The summed E-state index contributed by atoms with van der Waals surface area (Å²) in [6.45, 7) is 6.09. The zero-order valence-electron chi connectivity index (χ0n) is 13.6. The first-order chi connectivity index (χ1) is 11.1. The number of rotatable bonds is 2. The molecule has 0 amide bonds. The van der Waals surface area contributed by atoms with Crippen LogP contribution in [-0.2, 0) is 0 Å². The highest BCUT2D eigenvalue weighted by atomic mass is 16.1. The van der Waals surface area contributed by atoms with E-state index in [1.807, 2.05) is 32.0 Å². The molecule has 1 aliphatic heterocycles. The Morgan fingerprint density at radius 1 is 1.09 bits per heavy atom. The van der Waals surface area contributed by atoms with E-state index < -0.39 is 0 Å². The zero-order valence-corrected chi connectivity index (χ0v) is 13.6. The highest BCUT2D eigenvalue weighted by Gasteiger charge is 2.15. The summed E-state index contributed by atoms with van der Waals surface area (Å²) in [6.07, 6.45) is 3.80. The first-order valence-electron chi connectivity index (χ1n) is 8.10. The second kappa shape index (κ2) is 6.29. The Morgan fingerprint density at radius 2 is 1.83 bits per heavy atom. The number of H-pyrrole nitrogens is 1. The van der Waals surface area contributed by atoms with Crippen LogP contribution in [0.15, 0.2) is 29.1 Å². The van der Waals surface area contributed by atoms with E-state index in [4.69, 9.17) is 0 Å². The van der Waals surface area contributed by atoms with Crippen molar-refractivity contribution in [2.75, 3.05) is 18.0 Å². The van der Waals surface area contributed by atoms with E-state index in [9.17, 15) is 10.1 Å². The topological polar surface area (TPSA) is 59.9 Å². The van der Waals surface area contributed by atoms with Gasteiger partial charge in [0, 0.05) is 30.0 Å². The van der Waals surface area contributed by atoms with Crippen LogP contribution >= 0.6 is 0 Å². The molecular weight excluding hydrogens is 286 g/mol. The summed E-state index contributed by atoms with van der Waals surface area (Å²) in [6, 6.07) is 10.2. The minimum absolute atomic E-state index is 0.185. The van der Waals surface area contributed by atoms with E-state index in [0.717, 1.165) is 35.5 Å². The molecule has 0 atom stereocenters. The molecule has 1 saturated heterocycles. The van der Waals surface area contributed by atoms with Gasteiger partial charge in [-0.25, -0.2) is 0 Å². The molecular formula is C19H21N3O. The molecule has 0 bridgehead atoms. The van der Waals surface area contributed by atoms with Gasteiger partial charge in [-0.3, -0.25) is 4.79 Å². The van der Waals surface area contributed by atoms with Crippen molar-refractivity contribution in [1.82, 2.24) is 4.98 Å². The molecule has 3 rings (SSSR count). The number of aromatic amines is 1. The standard InChI is InChI=1S/C19H21N3O/c1-13-10-15(22-8-4-3-5-9-22)6-7-16(13)17-11-14(2)21-19(23)18(17)12-20/h6-7,10-11H,3-5,8-9H2,1-2H3,(H,21,23). The van der Waals surface area contributed by atoms with Crippen LogP contribution in [-0.4, -0.2) is 18.1 Å². The minimum Gasteiger partial charge on any atom is -0.372 e. The monoisotopic (exact) mass is 307 g/mol. The number of pyridine rings is 1. The summed E-state index contributed by atoms with van der Waals surface area (Å²) in [5, 5.41) is 9.32. The summed E-state index contributed by atoms with van der Waals surface area (Å²) >= 11 is 0. The Bertz CT molecular complexity index is 823. The van der Waals surface area contributed by atoms with Crippen LogP contribution in [0.2, 0.25) is 0 Å². The molecule has 4 heteroatoms. The fourth-order valence-corrected chi connectivity index (χ4v) is 3.31. The van der Waals surface area contributed by atoms with Gasteiger partial charge >= 0.3 is 0 Å². The molecule has 1 aromatic carbocycles. The van der Waals surface area contributed by atoms with Crippen LogP contribution in [0, 0.1) is 25.2 Å². The van der Waals surface area contributed by atoms with Gasteiger partial charge in [0.1, 0.15) is 11.6 Å². The first kappa shape index (κ1) is 15.4. The predicted octanol–water partition coefficient (Wildman–Crippen LogP) is 3.52. The Kier molecular flexibility index (Phi) is 4.20. The van der Waals surface area contributed by atoms with Crippen LogP contribution in [0.4, 0.5) is 5.69 Å². The molecule has 0 radical (unpaired) electrons. The van der Waals surface area contributed by atoms with Crippen molar-refractivity contribution in [2.45, 2.75) is 33.1 Å². The minimum atomic E-state index is -0.318. The van der Waals surface area contributed by atoms with Gasteiger partial charge in [0.05, 0.1) is 0 Å². The van der Waals surface area contributed by atoms with Crippen LogP contribution in [0.5, 0.6) is 0 Å². The van der Waals surface area contributed by atoms with Crippen LogP contribution in [0.25, 0.3) is 11.1 Å². The average Bonchev–Trinajstić information content (AvgIpc) is 2.55. The maximum atomic E-state index is 12.0. The van der Waals surface area contributed by atoms with E-state index in [-0.39, 0.29) is 11.1 Å². The summed E-state index contributed by atoms with van der Waals surface area (Å²) in [5.41, 5.74) is 4.63. The molecule has 0 spiro atoms. The Morgan fingerprint density at radius 3 is 2.48 bits per heavy atom. The molecule has 1 N–H and O–H groups in total. The second-order valence-corrected chi connectivity index (χ2v) is 6.23. The van der Waals surface area contributed by atoms with Gasteiger partial charge in [0.2, 0.25) is 0 Å². The molecule has 23 heavy (non-hydrogen) atoms. The number of hydrogen-bond donors (Lipinski definition) is 1. The lowest BCUT2D eigenvalue weighted by Gasteiger charge is -2.29. The Labute approximate surface area is 136 Å². The van der Waals surface area contributed by atoms with Gasteiger partial charge in [0.15, 0.2) is 0 Å². The van der Waals surface area contributed by atoms with Crippen molar-refractivity contribution in [3.63, 3.8) is 0 Å². The molecule has 2 heterocycles. The number of nitriles is 1. The number of nitrogens with zero attached hydrogens (tertiary/aromatic N) is 2. The third-order valence-corrected chi connectivity index (χ3v) is 4.50. The molecule has 1 fully saturated rings. The first-order valence-corrected chi connectivity index (χ1v) is 8.10. The molecule has 0 aliphatic carbocycles. The predicted molar refractivity (Wildman–Crippen MR) is 92.8 cm³/mol. The Hall–Kier alpha value is -2.54. The lowest BCUT2D eigenvalue weighted by atomic mass is 9.96. The Balaban J connectivity index is 2.05. The molecule has 0 unspecified atom stereocenters. The summed E-state index contributed by atoms with van der Waals surface area (Å²) in [7, 11) is 0. The quantitative estimate of drug-likeness (QED) is 0.923. The molecule has 0 saturated carbocycles. The van der Waals surface area contributed by atoms with Crippen LogP contribution in [0.1, 0.15) is 36.1 Å². The largest absolute Gasteiger partial charge is 0.372 e. The number of benzene rings is 1. The third kappa shape index (κ3) is 3.00. The lowest BCUT2D eigenvalue weighted by Crippen LogP contribution is -2.29. The second-order valence-electron chi connectivity index (χ2n) is 6.23. The van der Waals surface area contributed by atoms with Crippen molar-refractivity contribution in [2.24, 2.45) is 0 Å². The summed E-state index contributed by atoms with van der Waals surface area (Å²) in [4.78, 5) is 17.1. The SMILES string of the molecule is Cc1cc(-c2ccc(N3CCCCC3)cc2C)c(C#N)c(=O)[nH]1. The average molecular weight is 307 g/mol. The normalized spacial score (nSPS) is 14.6. The number of nitrogens with one attached hydrogen (secondary N) is 1. The van der Waals surface area contributed by atoms with Gasteiger partial charge < -0.3 is 9.88 Å². The number of anilines is 1. The number of piperidine rings is 1. The molecule has 2 aromatic rings. The van der Waals surface area contributed by atoms with Gasteiger partial charge in [-0.05, 0) is 62.4 Å². The highest BCUT2D eigenvalue weighted by molar-refractivity contribution is 5.75. The number of hydrogen-bond acceptors (Lipinski definition) is 3. The number of aromatic nitrogens is 1. The van der Waals surface area contributed by atoms with E-state index in [0.29, 0.717) is 0 Å². The fourth-order valence-electron chi connectivity index (χ4n) is 3.31. The van der Waals surface area contributed by atoms with E-state index in [1.165, 1.54) is 24.9 Å².